The summed E-state index contributed by atoms with van der Waals surface area (Å²) in [5.41, 5.74) is 1.00. The summed E-state index contributed by atoms with van der Waals surface area (Å²) in [5.74, 6) is -2.18. The number of ether oxygens (including phenoxy) is 1. The van der Waals surface area contributed by atoms with Crippen LogP contribution in [0.15, 0.2) is 48.5 Å². The van der Waals surface area contributed by atoms with Crippen LogP contribution in [0.3, 0.4) is 0 Å². The average molecular weight is 262 g/mol. The van der Waals surface area contributed by atoms with Gasteiger partial charge in [0.25, 0.3) is 0 Å². The molecule has 98 valence electrons. The maximum absolute atomic E-state index is 12.9. The molecule has 0 atom stereocenters. The lowest BCUT2D eigenvalue weighted by Gasteiger charge is -2.05. The van der Waals surface area contributed by atoms with Gasteiger partial charge in [-0.1, -0.05) is 30.3 Å². The summed E-state index contributed by atoms with van der Waals surface area (Å²) in [4.78, 5) is 11.5. The number of rotatable bonds is 4. The van der Waals surface area contributed by atoms with Crippen molar-refractivity contribution in [1.82, 2.24) is 0 Å². The topological polar surface area (TPSA) is 26.3 Å². The molecule has 0 spiro atoms. The first-order valence-electron chi connectivity index (χ1n) is 5.84. The molecule has 0 heterocycles. The lowest BCUT2D eigenvalue weighted by molar-refractivity contribution is -0.134. The Kier molecular flexibility index (Phi) is 4.23. The Morgan fingerprint density at radius 2 is 1.63 bits per heavy atom. The summed E-state index contributed by atoms with van der Waals surface area (Å²) in [6.07, 6.45) is 0.680. The zero-order chi connectivity index (χ0) is 13.7. The lowest BCUT2D eigenvalue weighted by Crippen LogP contribution is -2.09. The summed E-state index contributed by atoms with van der Waals surface area (Å²) in [7, 11) is 0. The Labute approximate surface area is 109 Å². The minimum atomic E-state index is -0.772. The van der Waals surface area contributed by atoms with Gasteiger partial charge in [0, 0.05) is 24.6 Å². The maximum atomic E-state index is 12.9. The SMILES string of the molecule is O=C(CCc1ccccc1)Oc1cc(F)cc(F)c1. The fourth-order valence-corrected chi connectivity index (χ4v) is 1.66. The van der Waals surface area contributed by atoms with Gasteiger partial charge >= 0.3 is 5.97 Å². The number of halogens is 2. The van der Waals surface area contributed by atoms with Crippen LogP contribution in [0, 0.1) is 11.6 Å². The van der Waals surface area contributed by atoms with Crippen molar-refractivity contribution in [2.24, 2.45) is 0 Å². The number of carbonyl (C=O) groups is 1. The van der Waals surface area contributed by atoms with E-state index in [9.17, 15) is 13.6 Å². The first kappa shape index (κ1) is 13.2. The van der Waals surface area contributed by atoms with Gasteiger partial charge in [-0.05, 0) is 12.0 Å². The molecular weight excluding hydrogens is 250 g/mol. The summed E-state index contributed by atoms with van der Waals surface area (Å²) in [5, 5.41) is 0. The highest BCUT2D eigenvalue weighted by Gasteiger charge is 2.08. The molecule has 0 N–H and O–H groups in total. The van der Waals surface area contributed by atoms with Gasteiger partial charge in [0.05, 0.1) is 0 Å². The molecule has 0 radical (unpaired) electrons. The fraction of sp³-hybridized carbons (Fsp3) is 0.133. The number of aryl methyl sites for hydroxylation is 1. The number of esters is 1. The van der Waals surface area contributed by atoms with E-state index in [1.54, 1.807) is 0 Å². The first-order chi connectivity index (χ1) is 9.13. The van der Waals surface area contributed by atoms with Gasteiger partial charge in [0.1, 0.15) is 17.4 Å². The third kappa shape index (κ3) is 4.17. The van der Waals surface area contributed by atoms with Crippen molar-refractivity contribution in [3.8, 4) is 5.75 Å². The van der Waals surface area contributed by atoms with Crippen molar-refractivity contribution >= 4 is 5.97 Å². The van der Waals surface area contributed by atoms with Crippen molar-refractivity contribution in [3.05, 3.63) is 65.7 Å². The van der Waals surface area contributed by atoms with Gasteiger partial charge in [-0.15, -0.1) is 0 Å². The Balaban J connectivity index is 1.91. The van der Waals surface area contributed by atoms with E-state index in [4.69, 9.17) is 4.74 Å². The van der Waals surface area contributed by atoms with Crippen LogP contribution < -0.4 is 4.74 Å². The first-order valence-corrected chi connectivity index (χ1v) is 5.84. The van der Waals surface area contributed by atoms with Gasteiger partial charge in [0.2, 0.25) is 0 Å². The quantitative estimate of drug-likeness (QED) is 0.622. The number of hydrogen-bond acceptors (Lipinski definition) is 2. The van der Waals surface area contributed by atoms with E-state index < -0.39 is 17.6 Å². The van der Waals surface area contributed by atoms with Crippen molar-refractivity contribution in [2.75, 3.05) is 0 Å². The fourth-order valence-electron chi connectivity index (χ4n) is 1.66. The maximum Gasteiger partial charge on any atom is 0.311 e. The summed E-state index contributed by atoms with van der Waals surface area (Å²) in [6, 6.07) is 12.1. The second kappa shape index (κ2) is 6.09. The normalized spacial score (nSPS) is 10.2. The molecule has 0 bridgehead atoms. The van der Waals surface area contributed by atoms with E-state index in [1.165, 1.54) is 0 Å². The van der Waals surface area contributed by atoms with E-state index in [0.717, 1.165) is 23.8 Å². The Morgan fingerprint density at radius 3 is 2.26 bits per heavy atom. The number of hydrogen-bond donors (Lipinski definition) is 0. The summed E-state index contributed by atoms with van der Waals surface area (Å²) in [6.45, 7) is 0. The molecule has 2 aromatic carbocycles. The van der Waals surface area contributed by atoms with E-state index in [2.05, 4.69) is 0 Å². The van der Waals surface area contributed by atoms with Crippen LogP contribution >= 0.6 is 0 Å². The second-order valence-corrected chi connectivity index (χ2v) is 4.06. The monoisotopic (exact) mass is 262 g/mol. The molecule has 0 fully saturated rings. The Hall–Kier alpha value is -2.23. The molecule has 2 rings (SSSR count). The molecule has 0 amide bonds. The van der Waals surface area contributed by atoms with Crippen LogP contribution in [-0.4, -0.2) is 5.97 Å². The van der Waals surface area contributed by atoms with Gasteiger partial charge in [-0.25, -0.2) is 8.78 Å². The number of carbonyl (C=O) groups excluding carboxylic acids is 1. The van der Waals surface area contributed by atoms with Gasteiger partial charge in [-0.2, -0.15) is 0 Å². The van der Waals surface area contributed by atoms with Crippen molar-refractivity contribution in [1.29, 1.82) is 0 Å². The van der Waals surface area contributed by atoms with Crippen LogP contribution in [0.25, 0.3) is 0 Å². The summed E-state index contributed by atoms with van der Waals surface area (Å²) < 4.78 is 30.7. The Morgan fingerprint density at radius 1 is 1.00 bits per heavy atom. The molecule has 4 heteroatoms. The minimum absolute atomic E-state index is 0.115. The zero-order valence-electron chi connectivity index (χ0n) is 10.1. The van der Waals surface area contributed by atoms with Crippen molar-refractivity contribution in [2.45, 2.75) is 12.8 Å². The molecule has 2 aromatic rings. The highest BCUT2D eigenvalue weighted by molar-refractivity contribution is 5.72. The lowest BCUT2D eigenvalue weighted by atomic mass is 10.1. The van der Waals surface area contributed by atoms with Gasteiger partial charge in [0.15, 0.2) is 0 Å². The molecule has 0 aliphatic carbocycles. The molecule has 0 aliphatic rings. The summed E-state index contributed by atoms with van der Waals surface area (Å²) >= 11 is 0. The van der Waals surface area contributed by atoms with Crippen molar-refractivity contribution in [3.63, 3.8) is 0 Å². The van der Waals surface area contributed by atoms with Gasteiger partial charge < -0.3 is 4.74 Å². The Bertz CT molecular complexity index is 547. The molecule has 2 nitrogen and oxygen atoms in total. The van der Waals surface area contributed by atoms with E-state index in [0.29, 0.717) is 6.42 Å². The molecule has 0 saturated heterocycles. The largest absolute Gasteiger partial charge is 0.426 e. The average Bonchev–Trinajstić information content (AvgIpc) is 2.36. The van der Waals surface area contributed by atoms with Crippen molar-refractivity contribution < 1.29 is 18.3 Å². The van der Waals surface area contributed by atoms with Crippen LogP contribution in [-0.2, 0) is 11.2 Å². The van der Waals surface area contributed by atoms with E-state index in [1.807, 2.05) is 30.3 Å². The molecule has 0 aromatic heterocycles. The highest BCUT2D eigenvalue weighted by Crippen LogP contribution is 2.16. The highest BCUT2D eigenvalue weighted by atomic mass is 19.1. The van der Waals surface area contributed by atoms with Gasteiger partial charge in [-0.3, -0.25) is 4.79 Å². The standard InChI is InChI=1S/C15H12F2O2/c16-12-8-13(17)10-14(9-12)19-15(18)7-6-11-4-2-1-3-5-11/h1-5,8-10H,6-7H2. The van der Waals surface area contributed by atoms with E-state index >= 15 is 0 Å². The van der Waals surface area contributed by atoms with E-state index in [-0.39, 0.29) is 12.2 Å². The third-order valence-corrected chi connectivity index (χ3v) is 2.53. The second-order valence-electron chi connectivity index (χ2n) is 4.06. The number of benzene rings is 2. The molecule has 19 heavy (non-hydrogen) atoms. The molecule has 0 unspecified atom stereocenters. The molecule has 0 saturated carbocycles. The molecule has 0 aliphatic heterocycles. The van der Waals surface area contributed by atoms with Crippen LogP contribution in [0.5, 0.6) is 5.75 Å². The smallest absolute Gasteiger partial charge is 0.311 e. The van der Waals surface area contributed by atoms with Crippen LogP contribution in [0.1, 0.15) is 12.0 Å². The molecular formula is C15H12F2O2. The van der Waals surface area contributed by atoms with Crippen LogP contribution in [0.2, 0.25) is 0 Å². The van der Waals surface area contributed by atoms with Crippen LogP contribution in [0.4, 0.5) is 8.78 Å². The minimum Gasteiger partial charge on any atom is -0.426 e. The zero-order valence-corrected chi connectivity index (χ0v) is 10.1. The third-order valence-electron chi connectivity index (χ3n) is 2.53. The predicted molar refractivity (Wildman–Crippen MR) is 66.8 cm³/mol. The predicted octanol–water partition coefficient (Wildman–Crippen LogP) is 3.50.